The van der Waals surface area contributed by atoms with E-state index in [2.05, 4.69) is 5.32 Å². The lowest BCUT2D eigenvalue weighted by molar-refractivity contribution is -0.123. The van der Waals surface area contributed by atoms with Gasteiger partial charge in [0.15, 0.2) is 0 Å². The van der Waals surface area contributed by atoms with Crippen LogP contribution in [0.25, 0.3) is 0 Å². The van der Waals surface area contributed by atoms with E-state index in [1.165, 1.54) is 13.0 Å². The summed E-state index contributed by atoms with van der Waals surface area (Å²) in [7, 11) is 0. The van der Waals surface area contributed by atoms with Gasteiger partial charge in [0.1, 0.15) is 17.2 Å². The molecule has 0 aliphatic rings. The maximum Gasteiger partial charge on any atom is 0.255 e. The van der Waals surface area contributed by atoms with Crippen molar-refractivity contribution < 1.29 is 18.4 Å². The van der Waals surface area contributed by atoms with Crippen LogP contribution in [0, 0.1) is 11.6 Å². The zero-order valence-corrected chi connectivity index (χ0v) is 12.8. The number of halogens is 3. The van der Waals surface area contributed by atoms with Crippen LogP contribution < -0.4 is 11.1 Å². The summed E-state index contributed by atoms with van der Waals surface area (Å²) in [5.74, 6) is -3.61. The van der Waals surface area contributed by atoms with Gasteiger partial charge >= 0.3 is 0 Å². The van der Waals surface area contributed by atoms with Crippen molar-refractivity contribution in [3.8, 4) is 0 Å². The second-order valence-electron chi connectivity index (χ2n) is 5.08. The van der Waals surface area contributed by atoms with Crippen molar-refractivity contribution in [2.75, 3.05) is 0 Å². The number of benzene rings is 2. The second-order valence-corrected chi connectivity index (χ2v) is 5.51. The number of hydrogen-bond acceptors (Lipinski definition) is 2. The SMILES string of the molecule is C[C@@](NC(=O)c1ccc(F)cc1F)(C(N)=O)c1cccc(Cl)c1. The van der Waals surface area contributed by atoms with Crippen LogP contribution >= 0.6 is 11.6 Å². The molecule has 0 heterocycles. The van der Waals surface area contributed by atoms with Crippen molar-refractivity contribution in [1.29, 1.82) is 0 Å². The summed E-state index contributed by atoms with van der Waals surface area (Å²) in [5, 5.41) is 2.72. The monoisotopic (exact) mass is 338 g/mol. The zero-order valence-electron chi connectivity index (χ0n) is 12.1. The van der Waals surface area contributed by atoms with Crippen LogP contribution in [0.3, 0.4) is 0 Å². The molecule has 0 aromatic heterocycles. The molecule has 0 saturated heterocycles. The Hall–Kier alpha value is -2.47. The van der Waals surface area contributed by atoms with E-state index < -0.39 is 34.6 Å². The Labute approximate surface area is 136 Å². The predicted octanol–water partition coefficient (Wildman–Crippen LogP) is 2.75. The largest absolute Gasteiger partial charge is 0.367 e. The fourth-order valence-electron chi connectivity index (χ4n) is 2.04. The van der Waals surface area contributed by atoms with Crippen molar-refractivity contribution in [2.45, 2.75) is 12.5 Å². The summed E-state index contributed by atoms with van der Waals surface area (Å²) >= 11 is 5.89. The van der Waals surface area contributed by atoms with E-state index >= 15 is 0 Å². The molecule has 3 N–H and O–H groups in total. The third kappa shape index (κ3) is 3.48. The van der Waals surface area contributed by atoms with Crippen molar-refractivity contribution in [3.05, 3.63) is 70.2 Å². The first-order valence-electron chi connectivity index (χ1n) is 6.57. The molecule has 2 aromatic rings. The Balaban J connectivity index is 2.40. The Morgan fingerprint density at radius 1 is 1.17 bits per heavy atom. The lowest BCUT2D eigenvalue weighted by atomic mass is 9.90. The molecular formula is C16H13ClF2N2O2. The molecule has 2 amide bonds. The van der Waals surface area contributed by atoms with Gasteiger partial charge in [-0.3, -0.25) is 9.59 Å². The zero-order chi connectivity index (χ0) is 17.2. The van der Waals surface area contributed by atoms with E-state index in [0.717, 1.165) is 12.1 Å². The van der Waals surface area contributed by atoms with E-state index in [-0.39, 0.29) is 0 Å². The summed E-state index contributed by atoms with van der Waals surface area (Å²) in [6, 6.07) is 8.71. The Morgan fingerprint density at radius 3 is 2.43 bits per heavy atom. The van der Waals surface area contributed by atoms with Gasteiger partial charge in [-0.25, -0.2) is 8.78 Å². The average Bonchev–Trinajstić information content (AvgIpc) is 2.46. The van der Waals surface area contributed by atoms with Gasteiger partial charge in [-0.05, 0) is 36.8 Å². The lowest BCUT2D eigenvalue weighted by Crippen LogP contribution is -2.52. The van der Waals surface area contributed by atoms with Gasteiger partial charge in [-0.15, -0.1) is 0 Å². The van der Waals surface area contributed by atoms with Gasteiger partial charge in [-0.2, -0.15) is 0 Å². The molecule has 0 spiro atoms. The number of primary amides is 1. The molecule has 1 atom stereocenters. The fourth-order valence-corrected chi connectivity index (χ4v) is 2.23. The number of rotatable bonds is 4. The molecule has 4 nitrogen and oxygen atoms in total. The fraction of sp³-hybridized carbons (Fsp3) is 0.125. The third-order valence-corrected chi connectivity index (χ3v) is 3.67. The third-order valence-electron chi connectivity index (χ3n) is 3.43. The van der Waals surface area contributed by atoms with Crippen molar-refractivity contribution in [1.82, 2.24) is 5.32 Å². The smallest absolute Gasteiger partial charge is 0.255 e. The van der Waals surface area contributed by atoms with Gasteiger partial charge in [0, 0.05) is 11.1 Å². The van der Waals surface area contributed by atoms with Crippen LogP contribution in [0.4, 0.5) is 8.78 Å². The molecule has 7 heteroatoms. The van der Waals surface area contributed by atoms with E-state index in [1.807, 2.05) is 0 Å². The number of carbonyl (C=O) groups is 2. The van der Waals surface area contributed by atoms with E-state index in [9.17, 15) is 18.4 Å². The maximum absolute atomic E-state index is 13.7. The van der Waals surface area contributed by atoms with Crippen LogP contribution in [0.15, 0.2) is 42.5 Å². The van der Waals surface area contributed by atoms with Crippen LogP contribution in [0.5, 0.6) is 0 Å². The highest BCUT2D eigenvalue weighted by atomic mass is 35.5. The first-order chi connectivity index (χ1) is 10.7. The second kappa shape index (κ2) is 6.34. The van der Waals surface area contributed by atoms with E-state index in [4.69, 9.17) is 17.3 Å². The lowest BCUT2D eigenvalue weighted by Gasteiger charge is -2.28. The average molecular weight is 339 g/mol. The summed E-state index contributed by atoms with van der Waals surface area (Å²) in [5.41, 5.74) is 3.72. The van der Waals surface area contributed by atoms with Crippen molar-refractivity contribution >= 4 is 23.4 Å². The van der Waals surface area contributed by atoms with Crippen LogP contribution in [0.1, 0.15) is 22.8 Å². The minimum absolute atomic E-state index is 0.341. The summed E-state index contributed by atoms with van der Waals surface area (Å²) in [6.07, 6.45) is 0. The molecule has 2 rings (SSSR count). The molecular weight excluding hydrogens is 326 g/mol. The molecule has 0 aliphatic carbocycles. The normalized spacial score (nSPS) is 13.2. The van der Waals surface area contributed by atoms with E-state index in [0.29, 0.717) is 16.7 Å². The molecule has 120 valence electrons. The topological polar surface area (TPSA) is 72.2 Å². The molecule has 23 heavy (non-hydrogen) atoms. The molecule has 0 bridgehead atoms. The van der Waals surface area contributed by atoms with Gasteiger partial charge in [-0.1, -0.05) is 23.7 Å². The Bertz CT molecular complexity index is 782. The molecule has 0 fully saturated rings. The maximum atomic E-state index is 13.7. The van der Waals surface area contributed by atoms with Gasteiger partial charge < -0.3 is 11.1 Å². The minimum Gasteiger partial charge on any atom is -0.367 e. The standard InChI is InChI=1S/C16H13ClF2N2O2/c1-16(15(20)23,9-3-2-4-10(17)7-9)21-14(22)12-6-5-11(18)8-13(12)19/h2-8H,1H3,(H2,20,23)(H,21,22)/t16-/m0/s1. The van der Waals surface area contributed by atoms with Gasteiger partial charge in [0.2, 0.25) is 5.91 Å². The molecule has 0 saturated carbocycles. The van der Waals surface area contributed by atoms with Crippen molar-refractivity contribution in [2.24, 2.45) is 5.73 Å². The van der Waals surface area contributed by atoms with E-state index in [1.54, 1.807) is 18.2 Å². The minimum atomic E-state index is -1.61. The van der Waals surface area contributed by atoms with Gasteiger partial charge in [0.25, 0.3) is 5.91 Å². The van der Waals surface area contributed by atoms with Crippen LogP contribution in [-0.4, -0.2) is 11.8 Å². The van der Waals surface area contributed by atoms with Crippen LogP contribution in [0.2, 0.25) is 5.02 Å². The Kier molecular flexibility index (Phi) is 4.65. The van der Waals surface area contributed by atoms with Crippen molar-refractivity contribution in [3.63, 3.8) is 0 Å². The quantitative estimate of drug-likeness (QED) is 0.899. The number of nitrogens with two attached hydrogens (primary N) is 1. The first-order valence-corrected chi connectivity index (χ1v) is 6.95. The predicted molar refractivity (Wildman–Crippen MR) is 81.8 cm³/mol. The number of carbonyl (C=O) groups excluding carboxylic acids is 2. The van der Waals surface area contributed by atoms with Gasteiger partial charge in [0.05, 0.1) is 5.56 Å². The molecule has 2 aromatic carbocycles. The highest BCUT2D eigenvalue weighted by Gasteiger charge is 2.36. The molecule has 0 aliphatic heterocycles. The highest BCUT2D eigenvalue weighted by molar-refractivity contribution is 6.30. The molecule has 0 radical (unpaired) electrons. The Morgan fingerprint density at radius 2 is 1.87 bits per heavy atom. The summed E-state index contributed by atoms with van der Waals surface area (Å²) < 4.78 is 26.6. The number of hydrogen-bond donors (Lipinski definition) is 2. The number of amides is 2. The summed E-state index contributed by atoms with van der Waals surface area (Å²) in [4.78, 5) is 24.1. The highest BCUT2D eigenvalue weighted by Crippen LogP contribution is 2.24. The number of nitrogens with one attached hydrogen (secondary N) is 1. The van der Waals surface area contributed by atoms with Crippen LogP contribution in [-0.2, 0) is 10.3 Å². The molecule has 0 unspecified atom stereocenters. The summed E-state index contributed by atoms with van der Waals surface area (Å²) in [6.45, 7) is 1.38. The first kappa shape index (κ1) is 16.9.